The van der Waals surface area contributed by atoms with Crippen LogP contribution in [0.25, 0.3) is 22.0 Å². The normalized spacial score (nSPS) is 14.6. The molecule has 2 aromatic carbocycles. The van der Waals surface area contributed by atoms with E-state index >= 15 is 0 Å². The molecule has 39 heavy (non-hydrogen) atoms. The van der Waals surface area contributed by atoms with Crippen LogP contribution in [0.2, 0.25) is 0 Å². The predicted molar refractivity (Wildman–Crippen MR) is 141 cm³/mol. The van der Waals surface area contributed by atoms with E-state index in [9.17, 15) is 22.4 Å². The number of halogens is 4. The molecule has 0 N–H and O–H groups in total. The highest BCUT2D eigenvalue weighted by Crippen LogP contribution is 2.35. The number of nitrogens with zero attached hydrogens (tertiary/aromatic N) is 5. The standard InChI is InChI=1S/C29H27F4N5O/c1-3-20-16-18(10-13-34-20)26-22-6-4-5-7-23(22)27(36-35-26)38-14-11-21(12-15-38)37(2)28(39)24-9-8-19(30)17-25(24)29(31,32)33/h4-10,13,16-17,21H,3,11-12,14-15H2,1-2H3. The monoisotopic (exact) mass is 537 g/mol. The number of amides is 1. The van der Waals surface area contributed by atoms with Crippen LogP contribution in [0.4, 0.5) is 23.4 Å². The van der Waals surface area contributed by atoms with Crippen molar-refractivity contribution in [1.29, 1.82) is 0 Å². The van der Waals surface area contributed by atoms with Crippen molar-refractivity contribution in [2.24, 2.45) is 0 Å². The second kappa shape index (κ2) is 10.6. The molecule has 1 amide bonds. The van der Waals surface area contributed by atoms with Crippen molar-refractivity contribution in [1.82, 2.24) is 20.1 Å². The number of benzene rings is 2. The third kappa shape index (κ3) is 5.28. The minimum absolute atomic E-state index is 0.275. The van der Waals surface area contributed by atoms with Gasteiger partial charge in [-0.25, -0.2) is 4.39 Å². The molecule has 4 aromatic rings. The van der Waals surface area contributed by atoms with E-state index in [2.05, 4.69) is 20.1 Å². The Bertz CT molecular complexity index is 1520. The third-order valence-corrected chi connectivity index (χ3v) is 7.27. The lowest BCUT2D eigenvalue weighted by Gasteiger charge is -2.37. The maximum atomic E-state index is 13.5. The number of carbonyl (C=O) groups excluding carboxylic acids is 1. The highest BCUT2D eigenvalue weighted by Gasteiger charge is 2.37. The zero-order chi connectivity index (χ0) is 27.7. The lowest BCUT2D eigenvalue weighted by atomic mass is 9.99. The fraction of sp³-hybridized carbons (Fsp3) is 0.310. The van der Waals surface area contributed by atoms with Crippen LogP contribution >= 0.6 is 0 Å². The smallest absolute Gasteiger partial charge is 0.354 e. The van der Waals surface area contributed by atoms with Crippen molar-refractivity contribution in [2.75, 3.05) is 25.0 Å². The summed E-state index contributed by atoms with van der Waals surface area (Å²) in [4.78, 5) is 20.8. The number of carbonyl (C=O) groups is 1. The van der Waals surface area contributed by atoms with E-state index in [0.29, 0.717) is 32.0 Å². The van der Waals surface area contributed by atoms with Crippen molar-refractivity contribution in [3.05, 3.63) is 83.4 Å². The minimum atomic E-state index is -4.84. The van der Waals surface area contributed by atoms with Gasteiger partial charge in [0.25, 0.3) is 5.91 Å². The number of anilines is 1. The molecule has 1 fully saturated rings. The van der Waals surface area contributed by atoms with Crippen LogP contribution in [-0.2, 0) is 12.6 Å². The predicted octanol–water partition coefficient (Wildman–Crippen LogP) is 6.15. The van der Waals surface area contributed by atoms with Gasteiger partial charge in [-0.2, -0.15) is 13.2 Å². The van der Waals surface area contributed by atoms with Gasteiger partial charge in [0.1, 0.15) is 11.5 Å². The van der Waals surface area contributed by atoms with Crippen LogP contribution in [0.5, 0.6) is 0 Å². The number of alkyl halides is 3. The van der Waals surface area contributed by atoms with E-state index in [4.69, 9.17) is 0 Å². The van der Waals surface area contributed by atoms with E-state index in [1.54, 1.807) is 6.20 Å². The topological polar surface area (TPSA) is 62.2 Å². The molecule has 0 radical (unpaired) electrons. The number of pyridine rings is 1. The van der Waals surface area contributed by atoms with Gasteiger partial charge >= 0.3 is 6.18 Å². The summed E-state index contributed by atoms with van der Waals surface area (Å²) in [5.74, 6) is -1.09. The summed E-state index contributed by atoms with van der Waals surface area (Å²) in [6, 6.07) is 13.7. The highest BCUT2D eigenvalue weighted by atomic mass is 19.4. The molecular formula is C29H27F4N5O. The van der Waals surface area contributed by atoms with E-state index < -0.39 is 29.0 Å². The highest BCUT2D eigenvalue weighted by molar-refractivity contribution is 6.00. The fourth-order valence-electron chi connectivity index (χ4n) is 5.11. The third-order valence-electron chi connectivity index (χ3n) is 7.27. The molecule has 1 aliphatic rings. The van der Waals surface area contributed by atoms with Gasteiger partial charge in [0, 0.05) is 54.4 Å². The van der Waals surface area contributed by atoms with Gasteiger partial charge in [-0.15, -0.1) is 10.2 Å². The molecule has 10 heteroatoms. The van der Waals surface area contributed by atoms with E-state index in [1.165, 1.54) is 11.9 Å². The number of hydrogen-bond acceptors (Lipinski definition) is 5. The first-order valence-corrected chi connectivity index (χ1v) is 12.8. The number of aromatic nitrogens is 3. The zero-order valence-electron chi connectivity index (χ0n) is 21.5. The molecule has 3 heterocycles. The minimum Gasteiger partial charge on any atom is -0.354 e. The average Bonchev–Trinajstić information content (AvgIpc) is 2.95. The van der Waals surface area contributed by atoms with Gasteiger partial charge in [0.15, 0.2) is 5.82 Å². The van der Waals surface area contributed by atoms with Gasteiger partial charge in [-0.1, -0.05) is 31.2 Å². The summed E-state index contributed by atoms with van der Waals surface area (Å²) < 4.78 is 53.9. The van der Waals surface area contributed by atoms with Crippen molar-refractivity contribution < 1.29 is 22.4 Å². The molecule has 1 aliphatic heterocycles. The Balaban J connectivity index is 1.36. The molecule has 0 saturated carbocycles. The van der Waals surface area contributed by atoms with Gasteiger partial charge in [0.05, 0.1) is 11.1 Å². The number of fused-ring (bicyclic) bond motifs is 1. The first-order valence-electron chi connectivity index (χ1n) is 12.8. The van der Waals surface area contributed by atoms with E-state index in [1.807, 2.05) is 43.3 Å². The lowest BCUT2D eigenvalue weighted by molar-refractivity contribution is -0.138. The van der Waals surface area contributed by atoms with Crippen LogP contribution < -0.4 is 4.90 Å². The van der Waals surface area contributed by atoms with Crippen LogP contribution in [-0.4, -0.2) is 52.2 Å². The maximum Gasteiger partial charge on any atom is 0.417 e. The summed E-state index contributed by atoms with van der Waals surface area (Å²) >= 11 is 0. The molecule has 2 aromatic heterocycles. The van der Waals surface area contributed by atoms with Crippen LogP contribution in [0.3, 0.4) is 0 Å². The number of aryl methyl sites for hydroxylation is 1. The van der Waals surface area contributed by atoms with Gasteiger partial charge in [-0.05, 0) is 49.6 Å². The summed E-state index contributed by atoms with van der Waals surface area (Å²) in [7, 11) is 1.50. The van der Waals surface area contributed by atoms with Crippen molar-refractivity contribution >= 4 is 22.5 Å². The van der Waals surface area contributed by atoms with E-state index in [0.717, 1.165) is 52.1 Å². The molecule has 6 nitrogen and oxygen atoms in total. The molecule has 0 atom stereocenters. The molecule has 5 rings (SSSR count). The quantitative estimate of drug-likeness (QED) is 0.286. The Morgan fingerprint density at radius 3 is 2.44 bits per heavy atom. The summed E-state index contributed by atoms with van der Waals surface area (Å²) in [6.45, 7) is 3.14. The van der Waals surface area contributed by atoms with Crippen LogP contribution in [0.1, 0.15) is 41.4 Å². The fourth-order valence-corrected chi connectivity index (χ4v) is 5.11. The van der Waals surface area contributed by atoms with Crippen LogP contribution in [0, 0.1) is 5.82 Å². The molecule has 202 valence electrons. The first-order chi connectivity index (χ1) is 18.7. The molecule has 0 aliphatic carbocycles. The summed E-state index contributed by atoms with van der Waals surface area (Å²) in [5, 5.41) is 11.0. The first kappa shape index (κ1) is 26.5. The van der Waals surface area contributed by atoms with Crippen molar-refractivity contribution in [2.45, 2.75) is 38.4 Å². The van der Waals surface area contributed by atoms with Gasteiger partial charge < -0.3 is 9.80 Å². The molecule has 0 bridgehead atoms. The Labute approximate surface area is 223 Å². The van der Waals surface area contributed by atoms with Crippen LogP contribution in [0.15, 0.2) is 60.8 Å². The number of piperidine rings is 1. The summed E-state index contributed by atoms with van der Waals surface area (Å²) in [5.41, 5.74) is 0.857. The zero-order valence-corrected chi connectivity index (χ0v) is 21.5. The molecule has 0 unspecified atom stereocenters. The number of rotatable bonds is 5. The second-order valence-corrected chi connectivity index (χ2v) is 9.63. The Morgan fingerprint density at radius 2 is 1.74 bits per heavy atom. The van der Waals surface area contributed by atoms with Crippen molar-refractivity contribution in [3.63, 3.8) is 0 Å². The Hall–Kier alpha value is -4.08. The lowest BCUT2D eigenvalue weighted by Crippen LogP contribution is -2.46. The Morgan fingerprint density at radius 1 is 1.03 bits per heavy atom. The maximum absolute atomic E-state index is 13.5. The molecular weight excluding hydrogens is 510 g/mol. The largest absolute Gasteiger partial charge is 0.417 e. The van der Waals surface area contributed by atoms with Crippen molar-refractivity contribution in [3.8, 4) is 11.3 Å². The van der Waals surface area contributed by atoms with Gasteiger partial charge in [-0.3, -0.25) is 9.78 Å². The second-order valence-electron chi connectivity index (χ2n) is 9.63. The summed E-state index contributed by atoms with van der Waals surface area (Å²) in [6.07, 6.45) is -1.19. The van der Waals surface area contributed by atoms with Gasteiger partial charge in [0.2, 0.25) is 0 Å². The molecule has 1 saturated heterocycles. The number of hydrogen-bond donors (Lipinski definition) is 0. The van der Waals surface area contributed by atoms with E-state index in [-0.39, 0.29) is 6.04 Å². The SMILES string of the molecule is CCc1cc(-c2nnc(N3CCC(N(C)C(=O)c4ccc(F)cc4C(F)(F)F)CC3)c3ccccc23)ccn1. The molecule has 0 spiro atoms. The Kier molecular flexibility index (Phi) is 7.20. The average molecular weight is 538 g/mol.